The molecular weight excluding hydrogens is 326 g/mol. The van der Waals surface area contributed by atoms with Gasteiger partial charge < -0.3 is 10.5 Å². The molecule has 2 rings (SSSR count). The van der Waals surface area contributed by atoms with E-state index in [9.17, 15) is 13.2 Å². The highest BCUT2D eigenvalue weighted by atomic mass is 35.5. The molecule has 2 aromatic rings. The Labute approximate surface area is 131 Å². The monoisotopic (exact) mass is 337 g/mol. The molecule has 2 N–H and O–H groups in total. The van der Waals surface area contributed by atoms with E-state index in [1.165, 1.54) is 24.3 Å². The van der Waals surface area contributed by atoms with E-state index in [2.05, 4.69) is 4.74 Å². The van der Waals surface area contributed by atoms with Gasteiger partial charge in [0.2, 0.25) is 0 Å². The van der Waals surface area contributed by atoms with Crippen LogP contribution >= 0.6 is 24.0 Å². The SMILES string of the molecule is Cl.N[C@@H](c1ccc(OC(F)(F)F)cc1)c1ccccc1Cl. The Kier molecular flexibility index (Phi) is 5.89. The molecule has 0 spiro atoms. The van der Waals surface area contributed by atoms with E-state index in [1.807, 2.05) is 0 Å². The smallest absolute Gasteiger partial charge is 0.406 e. The summed E-state index contributed by atoms with van der Waals surface area (Å²) in [6.07, 6.45) is -4.70. The van der Waals surface area contributed by atoms with Crippen molar-refractivity contribution in [1.82, 2.24) is 0 Å². The Morgan fingerprint density at radius 3 is 2.10 bits per heavy atom. The van der Waals surface area contributed by atoms with E-state index in [0.717, 1.165) is 0 Å². The zero-order valence-corrected chi connectivity index (χ0v) is 12.2. The van der Waals surface area contributed by atoms with Crippen molar-refractivity contribution >= 4 is 24.0 Å². The van der Waals surface area contributed by atoms with Gasteiger partial charge in [-0.1, -0.05) is 41.9 Å². The summed E-state index contributed by atoms with van der Waals surface area (Å²) in [5, 5.41) is 0.510. The summed E-state index contributed by atoms with van der Waals surface area (Å²) in [5.74, 6) is -0.285. The average molecular weight is 338 g/mol. The fourth-order valence-electron chi connectivity index (χ4n) is 1.78. The second-order valence-electron chi connectivity index (χ2n) is 4.12. The maximum atomic E-state index is 12.1. The summed E-state index contributed by atoms with van der Waals surface area (Å²) < 4.78 is 40.0. The molecule has 0 unspecified atom stereocenters. The van der Waals surface area contributed by atoms with E-state index in [1.54, 1.807) is 24.3 Å². The van der Waals surface area contributed by atoms with Crippen molar-refractivity contribution in [2.24, 2.45) is 5.73 Å². The number of rotatable bonds is 3. The average Bonchev–Trinajstić information content (AvgIpc) is 2.37. The summed E-state index contributed by atoms with van der Waals surface area (Å²) in [5.41, 5.74) is 7.40. The molecule has 0 fully saturated rings. The minimum atomic E-state index is -4.70. The lowest BCUT2D eigenvalue weighted by Crippen LogP contribution is -2.17. The lowest BCUT2D eigenvalue weighted by Gasteiger charge is -2.15. The molecule has 0 aliphatic rings. The van der Waals surface area contributed by atoms with Crippen LogP contribution in [0, 0.1) is 0 Å². The van der Waals surface area contributed by atoms with Crippen LogP contribution in [0.4, 0.5) is 13.2 Å². The van der Waals surface area contributed by atoms with Gasteiger partial charge in [-0.2, -0.15) is 0 Å². The number of nitrogens with two attached hydrogens (primary N) is 1. The van der Waals surface area contributed by atoms with E-state index in [4.69, 9.17) is 17.3 Å². The Balaban J connectivity index is 0.00000220. The second kappa shape index (κ2) is 7.02. The largest absolute Gasteiger partial charge is 0.573 e. The molecule has 2 aromatic carbocycles. The Bertz CT molecular complexity index is 588. The summed E-state index contributed by atoms with van der Waals surface area (Å²) in [6, 6.07) is 11.9. The third kappa shape index (κ3) is 4.81. The van der Waals surface area contributed by atoms with E-state index in [-0.39, 0.29) is 18.2 Å². The topological polar surface area (TPSA) is 35.2 Å². The molecule has 2 nitrogen and oxygen atoms in total. The molecule has 0 aliphatic carbocycles. The van der Waals surface area contributed by atoms with E-state index >= 15 is 0 Å². The number of halogens is 5. The zero-order valence-electron chi connectivity index (χ0n) is 10.6. The molecule has 0 saturated carbocycles. The molecule has 114 valence electrons. The number of ether oxygens (including phenoxy) is 1. The molecule has 0 heterocycles. The fraction of sp³-hybridized carbons (Fsp3) is 0.143. The Morgan fingerprint density at radius 1 is 1.00 bits per heavy atom. The van der Waals surface area contributed by atoms with Crippen LogP contribution in [0.1, 0.15) is 17.2 Å². The van der Waals surface area contributed by atoms with Crippen LogP contribution in [0.3, 0.4) is 0 Å². The maximum Gasteiger partial charge on any atom is 0.573 e. The number of alkyl halides is 3. The number of hydrogen-bond donors (Lipinski definition) is 1. The van der Waals surface area contributed by atoms with Crippen LogP contribution in [-0.4, -0.2) is 6.36 Å². The molecule has 0 bridgehead atoms. The first-order valence-corrected chi connectivity index (χ1v) is 6.10. The Morgan fingerprint density at radius 2 is 1.57 bits per heavy atom. The summed E-state index contributed by atoms with van der Waals surface area (Å²) in [7, 11) is 0. The van der Waals surface area contributed by atoms with Crippen molar-refractivity contribution in [3.8, 4) is 5.75 Å². The van der Waals surface area contributed by atoms with Crippen molar-refractivity contribution in [2.75, 3.05) is 0 Å². The predicted octanol–water partition coefficient (Wildman–Crippen LogP) is 4.71. The van der Waals surface area contributed by atoms with Crippen LogP contribution in [-0.2, 0) is 0 Å². The Hall–Kier alpha value is -1.43. The molecular formula is C14H12Cl2F3NO. The van der Waals surface area contributed by atoms with Crippen LogP contribution in [0.2, 0.25) is 5.02 Å². The lowest BCUT2D eigenvalue weighted by atomic mass is 9.99. The third-order valence-corrected chi connectivity index (χ3v) is 3.06. The van der Waals surface area contributed by atoms with Crippen LogP contribution in [0.5, 0.6) is 5.75 Å². The van der Waals surface area contributed by atoms with Gasteiger partial charge in [-0.15, -0.1) is 25.6 Å². The highest BCUT2D eigenvalue weighted by Crippen LogP contribution is 2.28. The number of benzene rings is 2. The second-order valence-corrected chi connectivity index (χ2v) is 4.52. The molecule has 21 heavy (non-hydrogen) atoms. The first-order chi connectivity index (χ1) is 9.37. The van der Waals surface area contributed by atoms with Crippen molar-refractivity contribution < 1.29 is 17.9 Å². The van der Waals surface area contributed by atoms with E-state index in [0.29, 0.717) is 16.1 Å². The molecule has 0 saturated heterocycles. The van der Waals surface area contributed by atoms with Crippen LogP contribution in [0.15, 0.2) is 48.5 Å². The maximum absolute atomic E-state index is 12.1. The summed E-state index contributed by atoms with van der Waals surface area (Å²) in [6.45, 7) is 0. The number of hydrogen-bond acceptors (Lipinski definition) is 2. The quantitative estimate of drug-likeness (QED) is 0.880. The molecule has 0 aromatic heterocycles. The fourth-order valence-corrected chi connectivity index (χ4v) is 2.04. The highest BCUT2D eigenvalue weighted by Gasteiger charge is 2.31. The summed E-state index contributed by atoms with van der Waals surface area (Å²) >= 11 is 6.03. The van der Waals surface area contributed by atoms with Crippen LogP contribution < -0.4 is 10.5 Å². The molecule has 0 amide bonds. The van der Waals surface area contributed by atoms with Gasteiger partial charge in [-0.05, 0) is 29.3 Å². The molecule has 1 atom stereocenters. The van der Waals surface area contributed by atoms with Gasteiger partial charge in [0.15, 0.2) is 0 Å². The molecule has 0 radical (unpaired) electrons. The first-order valence-electron chi connectivity index (χ1n) is 5.72. The minimum absolute atomic E-state index is 0. The van der Waals surface area contributed by atoms with Crippen molar-refractivity contribution in [3.05, 3.63) is 64.7 Å². The van der Waals surface area contributed by atoms with Gasteiger partial charge in [0.25, 0.3) is 0 Å². The standard InChI is InChI=1S/C14H11ClF3NO.ClH/c15-12-4-2-1-3-11(12)13(19)9-5-7-10(8-6-9)20-14(16,17)18;/h1-8,13H,19H2;1H/t13-;/m0./s1. The van der Waals surface area contributed by atoms with Gasteiger partial charge in [0, 0.05) is 5.02 Å². The normalized spacial score (nSPS) is 12.4. The lowest BCUT2D eigenvalue weighted by molar-refractivity contribution is -0.274. The third-order valence-electron chi connectivity index (χ3n) is 2.71. The van der Waals surface area contributed by atoms with E-state index < -0.39 is 12.4 Å². The van der Waals surface area contributed by atoms with Gasteiger partial charge in [0.05, 0.1) is 6.04 Å². The van der Waals surface area contributed by atoms with Crippen molar-refractivity contribution in [3.63, 3.8) is 0 Å². The zero-order chi connectivity index (χ0) is 14.8. The van der Waals surface area contributed by atoms with Crippen molar-refractivity contribution in [2.45, 2.75) is 12.4 Å². The van der Waals surface area contributed by atoms with Gasteiger partial charge >= 0.3 is 6.36 Å². The van der Waals surface area contributed by atoms with Gasteiger partial charge in [-0.25, -0.2) is 0 Å². The highest BCUT2D eigenvalue weighted by molar-refractivity contribution is 6.31. The molecule has 7 heteroatoms. The van der Waals surface area contributed by atoms with Gasteiger partial charge in [-0.3, -0.25) is 0 Å². The van der Waals surface area contributed by atoms with Gasteiger partial charge in [0.1, 0.15) is 5.75 Å². The molecule has 0 aliphatic heterocycles. The predicted molar refractivity (Wildman–Crippen MR) is 77.9 cm³/mol. The summed E-state index contributed by atoms with van der Waals surface area (Å²) in [4.78, 5) is 0. The van der Waals surface area contributed by atoms with Crippen LogP contribution in [0.25, 0.3) is 0 Å². The first kappa shape index (κ1) is 17.6. The van der Waals surface area contributed by atoms with Crippen molar-refractivity contribution in [1.29, 1.82) is 0 Å². The minimum Gasteiger partial charge on any atom is -0.406 e.